The maximum atomic E-state index is 14.2. The van der Waals surface area contributed by atoms with Crippen LogP contribution in [0.3, 0.4) is 0 Å². The lowest BCUT2D eigenvalue weighted by Gasteiger charge is -2.39. The maximum Gasteiger partial charge on any atom is 0.337 e. The van der Waals surface area contributed by atoms with E-state index in [1.54, 1.807) is 18.6 Å². The number of pyridine rings is 2. The van der Waals surface area contributed by atoms with Gasteiger partial charge in [-0.05, 0) is 72.2 Å². The van der Waals surface area contributed by atoms with Crippen molar-refractivity contribution in [1.29, 1.82) is 0 Å². The molecule has 6 rings (SSSR count). The van der Waals surface area contributed by atoms with Crippen molar-refractivity contribution in [2.24, 2.45) is 11.8 Å². The van der Waals surface area contributed by atoms with E-state index < -0.39 is 17.9 Å². The zero-order valence-electron chi connectivity index (χ0n) is 22.6. The number of aromatic nitrogens is 2. The number of thiophene rings is 1. The SMILES string of the molecule is O=C(O)C1=C(C2CCCCC2)NC(C2CCCCC2)=C(C(=O)OCc2ccncc2)C1c1csc2ncccc12. The summed E-state index contributed by atoms with van der Waals surface area (Å²) in [5.74, 6) is -1.87. The molecule has 3 aromatic heterocycles. The summed E-state index contributed by atoms with van der Waals surface area (Å²) >= 11 is 1.49. The molecule has 40 heavy (non-hydrogen) atoms. The second-order valence-electron chi connectivity index (χ2n) is 11.2. The number of hydrogen-bond acceptors (Lipinski definition) is 7. The average molecular weight is 558 g/mol. The van der Waals surface area contributed by atoms with Gasteiger partial charge in [0.25, 0.3) is 0 Å². The largest absolute Gasteiger partial charge is 0.478 e. The van der Waals surface area contributed by atoms with Crippen LogP contribution >= 0.6 is 11.3 Å². The number of fused-ring (bicyclic) bond motifs is 1. The van der Waals surface area contributed by atoms with Crippen LogP contribution in [0.4, 0.5) is 0 Å². The minimum atomic E-state index is -0.983. The fourth-order valence-corrected chi connectivity index (χ4v) is 7.69. The van der Waals surface area contributed by atoms with Crippen molar-refractivity contribution in [3.05, 3.63) is 81.9 Å². The Kier molecular flexibility index (Phi) is 7.96. The number of nitrogens with zero attached hydrogens (tertiary/aromatic N) is 2. The molecular weight excluding hydrogens is 522 g/mol. The number of rotatable bonds is 7. The van der Waals surface area contributed by atoms with Gasteiger partial charge in [-0.25, -0.2) is 14.6 Å². The molecule has 8 heteroatoms. The number of dihydropyridines is 1. The Morgan fingerprint density at radius 3 is 2.20 bits per heavy atom. The van der Waals surface area contributed by atoms with Gasteiger partial charge in [0.05, 0.1) is 17.1 Å². The van der Waals surface area contributed by atoms with Gasteiger partial charge >= 0.3 is 11.9 Å². The fourth-order valence-electron chi connectivity index (χ4n) is 6.76. The minimum absolute atomic E-state index is 0.100. The molecule has 1 unspecified atom stereocenters. The van der Waals surface area contributed by atoms with Crippen LogP contribution in [-0.4, -0.2) is 27.0 Å². The van der Waals surface area contributed by atoms with Crippen molar-refractivity contribution in [3.63, 3.8) is 0 Å². The van der Waals surface area contributed by atoms with Gasteiger partial charge in [0.1, 0.15) is 11.4 Å². The lowest BCUT2D eigenvalue weighted by atomic mass is 9.72. The van der Waals surface area contributed by atoms with E-state index in [1.165, 1.54) is 24.2 Å². The van der Waals surface area contributed by atoms with Crippen molar-refractivity contribution in [1.82, 2.24) is 15.3 Å². The third-order valence-electron chi connectivity index (χ3n) is 8.71. The number of hydrogen-bond donors (Lipinski definition) is 2. The standard InChI is InChI=1S/C32H35N3O4S/c36-31(37)26-25(24-19-40-30-23(24)12-7-15-34-30)27(32(38)39-18-20-13-16-33-17-14-20)29(22-10-5-2-6-11-22)35-28(26)21-8-3-1-4-9-21/h7,12-17,19,21-22,25,35H,1-6,8-11,18H2,(H,36,37). The molecule has 1 aliphatic heterocycles. The van der Waals surface area contributed by atoms with E-state index >= 15 is 0 Å². The second-order valence-corrected chi connectivity index (χ2v) is 12.0. The van der Waals surface area contributed by atoms with Gasteiger partial charge in [-0.3, -0.25) is 4.98 Å². The topological polar surface area (TPSA) is 101 Å². The van der Waals surface area contributed by atoms with Crippen LogP contribution in [0, 0.1) is 11.8 Å². The Balaban J connectivity index is 1.52. The predicted molar refractivity (Wildman–Crippen MR) is 154 cm³/mol. The number of esters is 1. The van der Waals surface area contributed by atoms with Crippen molar-refractivity contribution in [2.45, 2.75) is 76.7 Å². The summed E-state index contributed by atoms with van der Waals surface area (Å²) in [6.45, 7) is 0.100. The lowest BCUT2D eigenvalue weighted by molar-refractivity contribution is -0.140. The smallest absolute Gasteiger partial charge is 0.337 e. The molecule has 208 valence electrons. The van der Waals surface area contributed by atoms with E-state index in [0.717, 1.165) is 84.1 Å². The molecule has 4 heterocycles. The molecule has 0 spiro atoms. The van der Waals surface area contributed by atoms with E-state index in [9.17, 15) is 14.7 Å². The van der Waals surface area contributed by atoms with Gasteiger partial charge in [-0.1, -0.05) is 44.6 Å². The van der Waals surface area contributed by atoms with Crippen LogP contribution in [-0.2, 0) is 20.9 Å². The van der Waals surface area contributed by atoms with Crippen molar-refractivity contribution in [3.8, 4) is 0 Å². The molecule has 0 aromatic carbocycles. The highest BCUT2D eigenvalue weighted by molar-refractivity contribution is 7.16. The summed E-state index contributed by atoms with van der Waals surface area (Å²) in [6.07, 6.45) is 15.7. The molecule has 2 aliphatic carbocycles. The monoisotopic (exact) mass is 557 g/mol. The quantitative estimate of drug-likeness (QED) is 0.306. The molecule has 0 amide bonds. The molecule has 7 nitrogen and oxygen atoms in total. The number of nitrogens with one attached hydrogen (secondary N) is 1. The first kappa shape index (κ1) is 26.7. The summed E-state index contributed by atoms with van der Waals surface area (Å²) < 4.78 is 5.95. The van der Waals surface area contributed by atoms with Crippen LogP contribution in [0.25, 0.3) is 10.2 Å². The van der Waals surface area contributed by atoms with Crippen molar-refractivity contribution < 1.29 is 19.4 Å². The molecule has 2 N–H and O–H groups in total. The molecular formula is C32H35N3O4S. The molecule has 2 fully saturated rings. The van der Waals surface area contributed by atoms with Crippen LogP contribution in [0.15, 0.2) is 70.8 Å². The van der Waals surface area contributed by atoms with E-state index in [2.05, 4.69) is 15.3 Å². The summed E-state index contributed by atoms with van der Waals surface area (Å²) in [4.78, 5) is 36.8. The normalized spacial score (nSPS) is 20.9. The summed E-state index contributed by atoms with van der Waals surface area (Å²) in [5, 5.41) is 17.3. The number of aliphatic carboxylic acids is 1. The number of carboxylic acid groups (broad SMARTS) is 1. The molecule has 3 aromatic rings. The third kappa shape index (κ3) is 5.29. The number of allylic oxidation sites excluding steroid dienone is 2. The van der Waals surface area contributed by atoms with Gasteiger partial charge in [0.15, 0.2) is 0 Å². The predicted octanol–water partition coefficient (Wildman–Crippen LogP) is 6.87. The number of carbonyl (C=O) groups excluding carboxylic acids is 1. The highest BCUT2D eigenvalue weighted by atomic mass is 32.1. The Morgan fingerprint density at radius 1 is 0.900 bits per heavy atom. The van der Waals surface area contributed by atoms with Gasteiger partial charge < -0.3 is 15.2 Å². The molecule has 2 saturated carbocycles. The number of carboxylic acids is 1. The minimum Gasteiger partial charge on any atom is -0.478 e. The first-order chi connectivity index (χ1) is 19.6. The fraction of sp³-hybridized carbons (Fsp3) is 0.438. The Hall–Kier alpha value is -3.52. The van der Waals surface area contributed by atoms with E-state index in [1.807, 2.05) is 29.6 Å². The van der Waals surface area contributed by atoms with Crippen LogP contribution in [0.1, 0.15) is 81.3 Å². The van der Waals surface area contributed by atoms with E-state index in [4.69, 9.17) is 4.74 Å². The Labute approximate surface area is 238 Å². The molecule has 0 saturated heterocycles. The van der Waals surface area contributed by atoms with Crippen molar-refractivity contribution in [2.75, 3.05) is 0 Å². The zero-order chi connectivity index (χ0) is 27.5. The average Bonchev–Trinajstić information content (AvgIpc) is 3.44. The van der Waals surface area contributed by atoms with Gasteiger partial charge in [0, 0.05) is 35.4 Å². The first-order valence-corrected chi connectivity index (χ1v) is 15.4. The van der Waals surface area contributed by atoms with Gasteiger partial charge in [-0.2, -0.15) is 0 Å². The lowest BCUT2D eigenvalue weighted by Crippen LogP contribution is -2.39. The van der Waals surface area contributed by atoms with Crippen molar-refractivity contribution >= 4 is 33.5 Å². The zero-order valence-corrected chi connectivity index (χ0v) is 23.4. The highest BCUT2D eigenvalue weighted by Crippen LogP contribution is 2.48. The molecule has 3 aliphatic rings. The highest BCUT2D eigenvalue weighted by Gasteiger charge is 2.43. The first-order valence-electron chi connectivity index (χ1n) is 14.5. The number of ether oxygens (including phenoxy) is 1. The summed E-state index contributed by atoms with van der Waals surface area (Å²) in [5.41, 5.74) is 4.06. The third-order valence-corrected chi connectivity index (χ3v) is 9.63. The van der Waals surface area contributed by atoms with Crippen LogP contribution < -0.4 is 5.32 Å². The second kappa shape index (κ2) is 11.9. The molecule has 0 bridgehead atoms. The van der Waals surface area contributed by atoms with E-state index in [0.29, 0.717) is 5.57 Å². The Morgan fingerprint density at radius 2 is 1.55 bits per heavy atom. The molecule has 1 atom stereocenters. The molecule has 0 radical (unpaired) electrons. The number of carbonyl (C=O) groups is 2. The van der Waals surface area contributed by atoms with Gasteiger partial charge in [-0.15, -0.1) is 11.3 Å². The Bertz CT molecular complexity index is 1450. The summed E-state index contributed by atoms with van der Waals surface area (Å²) in [6, 6.07) is 7.50. The van der Waals surface area contributed by atoms with E-state index in [-0.39, 0.29) is 24.0 Å². The maximum absolute atomic E-state index is 14.2. The van der Waals surface area contributed by atoms with Gasteiger partial charge in [0.2, 0.25) is 0 Å². The van der Waals surface area contributed by atoms with Crippen LogP contribution in [0.5, 0.6) is 0 Å². The van der Waals surface area contributed by atoms with Crippen LogP contribution in [0.2, 0.25) is 0 Å². The summed E-state index contributed by atoms with van der Waals surface area (Å²) in [7, 11) is 0.